The topological polar surface area (TPSA) is 110 Å². The van der Waals surface area contributed by atoms with Crippen LogP contribution in [0.1, 0.15) is 12.0 Å². The fourth-order valence-electron chi connectivity index (χ4n) is 3.84. The third kappa shape index (κ3) is 6.61. The van der Waals surface area contributed by atoms with Gasteiger partial charge in [-0.3, -0.25) is 14.9 Å². The average Bonchev–Trinajstić information content (AvgIpc) is 3.41. The van der Waals surface area contributed by atoms with Crippen LogP contribution in [0.25, 0.3) is 17.2 Å². The molecule has 1 aromatic heterocycles. The molecule has 10 heteroatoms. The van der Waals surface area contributed by atoms with Gasteiger partial charge in [-0.2, -0.15) is 0 Å². The summed E-state index contributed by atoms with van der Waals surface area (Å²) in [5, 5.41) is 8.54. The van der Waals surface area contributed by atoms with Gasteiger partial charge >= 0.3 is 0 Å². The van der Waals surface area contributed by atoms with Gasteiger partial charge in [-0.15, -0.1) is 0 Å². The van der Waals surface area contributed by atoms with E-state index in [2.05, 4.69) is 4.90 Å². The van der Waals surface area contributed by atoms with Gasteiger partial charge in [0.2, 0.25) is 0 Å². The fraction of sp³-hybridized carbons (Fsp3) is 0.269. The zero-order chi connectivity index (χ0) is 25.4. The second-order valence-electron chi connectivity index (χ2n) is 8.29. The second-order valence-corrected chi connectivity index (χ2v) is 10.1. The van der Waals surface area contributed by atoms with E-state index in [4.69, 9.17) is 14.7 Å². The van der Waals surface area contributed by atoms with Crippen LogP contribution in [0.3, 0.4) is 0 Å². The molecule has 9 nitrogen and oxygen atoms in total. The van der Waals surface area contributed by atoms with Crippen molar-refractivity contribution in [3.8, 4) is 16.9 Å². The van der Waals surface area contributed by atoms with Crippen LogP contribution >= 0.6 is 0 Å². The molecule has 1 amide bonds. The first-order chi connectivity index (χ1) is 17.5. The molecule has 1 fully saturated rings. The van der Waals surface area contributed by atoms with Crippen molar-refractivity contribution in [2.24, 2.45) is 0 Å². The maximum atomic E-state index is 13.0. The van der Waals surface area contributed by atoms with E-state index in [1.165, 1.54) is 23.9 Å². The Bertz CT molecular complexity index is 1280. The molecule has 0 unspecified atom stereocenters. The van der Waals surface area contributed by atoms with Gasteiger partial charge in [0.15, 0.2) is 0 Å². The number of benzene rings is 2. The van der Waals surface area contributed by atoms with E-state index in [9.17, 15) is 13.2 Å². The molecule has 0 bridgehead atoms. The molecule has 190 valence electrons. The fourth-order valence-corrected chi connectivity index (χ4v) is 5.04. The summed E-state index contributed by atoms with van der Waals surface area (Å²) in [6, 6.07) is 16.0. The summed E-state index contributed by atoms with van der Waals surface area (Å²) in [5.41, 5.74) is 3.82. The van der Waals surface area contributed by atoms with Crippen molar-refractivity contribution in [3.63, 3.8) is 0 Å². The van der Waals surface area contributed by atoms with E-state index in [0.29, 0.717) is 12.2 Å². The van der Waals surface area contributed by atoms with E-state index in [1.807, 2.05) is 24.3 Å². The zero-order valence-corrected chi connectivity index (χ0v) is 20.6. The first kappa shape index (κ1) is 25.6. The summed E-state index contributed by atoms with van der Waals surface area (Å²) in [5.74, 6) is 0.0958. The molecule has 4 rings (SSSR count). The number of rotatable bonds is 10. The molecule has 1 aliphatic heterocycles. The van der Waals surface area contributed by atoms with Crippen molar-refractivity contribution in [3.05, 3.63) is 78.6 Å². The van der Waals surface area contributed by atoms with Crippen molar-refractivity contribution in [2.75, 3.05) is 39.5 Å². The first-order valence-electron chi connectivity index (χ1n) is 11.6. The monoisotopic (exact) mass is 511 g/mol. The van der Waals surface area contributed by atoms with Crippen LogP contribution in [0, 0.1) is 0 Å². The average molecular weight is 512 g/mol. The third-order valence-electron chi connectivity index (χ3n) is 5.84. The number of ether oxygens (including phenoxy) is 2. The molecule has 0 atom stereocenters. The molecule has 2 N–H and O–H groups in total. The molecule has 2 heterocycles. The minimum Gasteiger partial charge on any atom is -0.494 e. The second kappa shape index (κ2) is 12.0. The quantitative estimate of drug-likeness (QED) is 0.186. The highest BCUT2D eigenvalue weighted by molar-refractivity contribution is 7.90. The Labute approximate surface area is 210 Å². The predicted molar refractivity (Wildman–Crippen MR) is 135 cm³/mol. The SMILES string of the molecule is O=C(/C=C/c1ccn(S(=O)(=O)c2ccc(-c3ccc(OCCCN4CCOCC4)cc3)cc2)c1)NO. The van der Waals surface area contributed by atoms with E-state index in [1.54, 1.807) is 30.3 Å². The van der Waals surface area contributed by atoms with Crippen LogP contribution in [-0.2, 0) is 19.6 Å². The van der Waals surface area contributed by atoms with Crippen molar-refractivity contribution in [1.82, 2.24) is 14.4 Å². The third-order valence-corrected chi connectivity index (χ3v) is 7.49. The van der Waals surface area contributed by atoms with Crippen molar-refractivity contribution in [1.29, 1.82) is 0 Å². The smallest absolute Gasteiger partial charge is 0.267 e. The lowest BCUT2D eigenvalue weighted by molar-refractivity contribution is -0.124. The number of carbonyl (C=O) groups is 1. The summed E-state index contributed by atoms with van der Waals surface area (Å²) >= 11 is 0. The Hall–Kier alpha value is -3.44. The van der Waals surface area contributed by atoms with Gasteiger partial charge < -0.3 is 9.47 Å². The Morgan fingerprint density at radius 1 is 1.03 bits per heavy atom. The Morgan fingerprint density at radius 2 is 1.69 bits per heavy atom. The van der Waals surface area contributed by atoms with Crippen LogP contribution in [0.4, 0.5) is 0 Å². The summed E-state index contributed by atoms with van der Waals surface area (Å²) in [6.45, 7) is 5.20. The van der Waals surface area contributed by atoms with Gasteiger partial charge in [-0.25, -0.2) is 17.9 Å². The van der Waals surface area contributed by atoms with E-state index in [0.717, 1.165) is 66.2 Å². The van der Waals surface area contributed by atoms with Crippen LogP contribution in [-0.4, -0.2) is 67.9 Å². The molecule has 3 aromatic rings. The number of carbonyl (C=O) groups excluding carboxylic acids is 1. The van der Waals surface area contributed by atoms with Crippen LogP contribution in [0.2, 0.25) is 0 Å². The number of hydrogen-bond donors (Lipinski definition) is 2. The predicted octanol–water partition coefficient (Wildman–Crippen LogP) is 3.01. The van der Waals surface area contributed by atoms with Gasteiger partial charge in [0.25, 0.3) is 15.9 Å². The summed E-state index contributed by atoms with van der Waals surface area (Å²) in [4.78, 5) is 13.6. The van der Waals surface area contributed by atoms with Gasteiger partial charge in [0.05, 0.1) is 24.7 Å². The standard InChI is InChI=1S/C26H29N3O6S/c30-26(27-31)11-2-21-12-14-29(20-21)36(32,33)25-9-5-23(6-10-25)22-3-7-24(8-4-22)35-17-1-13-28-15-18-34-19-16-28/h2-12,14,20,31H,1,13,15-19H2,(H,27,30)/b11-2+. The van der Waals surface area contributed by atoms with Crippen molar-refractivity contribution < 1.29 is 27.9 Å². The lowest BCUT2D eigenvalue weighted by atomic mass is 10.1. The molecule has 1 saturated heterocycles. The number of amides is 1. The van der Waals surface area contributed by atoms with Gasteiger partial charge in [0.1, 0.15) is 5.75 Å². The molecule has 2 aromatic carbocycles. The molecular weight excluding hydrogens is 482 g/mol. The molecule has 0 radical (unpaired) electrons. The largest absolute Gasteiger partial charge is 0.494 e. The summed E-state index contributed by atoms with van der Waals surface area (Å²) < 4.78 is 38.2. The Morgan fingerprint density at radius 3 is 2.36 bits per heavy atom. The lowest BCUT2D eigenvalue weighted by Crippen LogP contribution is -2.37. The Balaban J connectivity index is 1.34. The minimum atomic E-state index is -3.79. The molecule has 0 saturated carbocycles. The maximum Gasteiger partial charge on any atom is 0.267 e. The molecule has 36 heavy (non-hydrogen) atoms. The number of hydroxylamine groups is 1. The molecule has 1 aliphatic rings. The van der Waals surface area contributed by atoms with E-state index < -0.39 is 15.9 Å². The van der Waals surface area contributed by atoms with Crippen LogP contribution in [0.15, 0.2) is 78.0 Å². The summed E-state index contributed by atoms with van der Waals surface area (Å²) in [7, 11) is -3.79. The number of aromatic nitrogens is 1. The highest BCUT2D eigenvalue weighted by Gasteiger charge is 2.16. The number of hydrogen-bond acceptors (Lipinski definition) is 7. The van der Waals surface area contributed by atoms with E-state index >= 15 is 0 Å². The van der Waals surface area contributed by atoms with Gasteiger partial charge in [-0.1, -0.05) is 24.3 Å². The van der Waals surface area contributed by atoms with Gasteiger partial charge in [0, 0.05) is 38.1 Å². The molecule has 0 spiro atoms. The first-order valence-corrected chi connectivity index (χ1v) is 13.1. The van der Waals surface area contributed by atoms with Crippen molar-refractivity contribution in [2.45, 2.75) is 11.3 Å². The van der Waals surface area contributed by atoms with Crippen LogP contribution in [0.5, 0.6) is 5.75 Å². The van der Waals surface area contributed by atoms with E-state index in [-0.39, 0.29) is 4.90 Å². The van der Waals surface area contributed by atoms with Crippen molar-refractivity contribution >= 4 is 22.0 Å². The Kier molecular flexibility index (Phi) is 8.55. The number of nitrogens with one attached hydrogen (secondary N) is 1. The molecule has 0 aliphatic carbocycles. The minimum absolute atomic E-state index is 0.144. The van der Waals surface area contributed by atoms with Gasteiger partial charge in [-0.05, 0) is 59.5 Å². The highest BCUT2D eigenvalue weighted by Crippen LogP contribution is 2.25. The molecular formula is C26H29N3O6S. The normalized spacial score (nSPS) is 14.7. The van der Waals surface area contributed by atoms with Crippen LogP contribution < -0.4 is 10.2 Å². The maximum absolute atomic E-state index is 13.0. The number of morpholine rings is 1. The zero-order valence-electron chi connectivity index (χ0n) is 19.7. The lowest BCUT2D eigenvalue weighted by Gasteiger charge is -2.26. The summed E-state index contributed by atoms with van der Waals surface area (Å²) in [6.07, 6.45) is 6.25. The number of nitrogens with zero attached hydrogens (tertiary/aromatic N) is 2. The highest BCUT2D eigenvalue weighted by atomic mass is 32.2.